The van der Waals surface area contributed by atoms with Crippen molar-refractivity contribution in [3.63, 3.8) is 0 Å². The van der Waals surface area contributed by atoms with Gasteiger partial charge in [0.1, 0.15) is 22.5 Å². The first-order chi connectivity index (χ1) is 10.7. The van der Waals surface area contributed by atoms with Gasteiger partial charge in [0.15, 0.2) is 0 Å². The molecule has 0 unspecified atom stereocenters. The van der Waals surface area contributed by atoms with E-state index in [0.29, 0.717) is 14.6 Å². The van der Waals surface area contributed by atoms with Crippen LogP contribution in [0.5, 0.6) is 0 Å². The normalized spacial score (nSPS) is 10.1. The highest BCUT2D eigenvalue weighted by atomic mass is 79.9. The number of hydrogen-bond acceptors (Lipinski definition) is 4. The maximum Gasteiger partial charge on any atom is 0.412 e. The Hall–Kier alpha value is -1.65. The third-order valence-electron chi connectivity index (χ3n) is 2.47. The van der Waals surface area contributed by atoms with Crippen molar-refractivity contribution in [2.75, 3.05) is 5.32 Å². The summed E-state index contributed by atoms with van der Waals surface area (Å²) in [5.41, 5.74) is -0.438. The van der Waals surface area contributed by atoms with Gasteiger partial charge in [0.2, 0.25) is 0 Å². The van der Waals surface area contributed by atoms with E-state index in [2.05, 4.69) is 21.2 Å². The van der Waals surface area contributed by atoms with Crippen molar-refractivity contribution in [1.29, 1.82) is 5.26 Å². The Labute approximate surface area is 154 Å². The summed E-state index contributed by atoms with van der Waals surface area (Å²) >= 11 is 4.30. The van der Waals surface area contributed by atoms with Crippen LogP contribution in [-0.4, -0.2) is 11.7 Å². The number of anilines is 1. The number of fused-ring (bicyclic) bond motifs is 1. The van der Waals surface area contributed by atoms with E-state index in [1.807, 2.05) is 19.9 Å². The van der Waals surface area contributed by atoms with Gasteiger partial charge in [0.25, 0.3) is 0 Å². The highest BCUT2D eigenvalue weighted by Gasteiger charge is 2.22. The van der Waals surface area contributed by atoms with E-state index >= 15 is 0 Å². The third-order valence-corrected chi connectivity index (χ3v) is 4.24. The summed E-state index contributed by atoms with van der Waals surface area (Å²) in [7, 11) is 0. The topological polar surface area (TPSA) is 62.1 Å². The van der Waals surface area contributed by atoms with Gasteiger partial charge < -0.3 is 4.74 Å². The molecule has 1 N–H and O–H groups in total. The van der Waals surface area contributed by atoms with E-state index in [9.17, 15) is 14.4 Å². The number of thiophene rings is 1. The fraction of sp³-hybridized carbons (Fsp3) is 0.412. The first kappa shape index (κ1) is 22.4. The van der Waals surface area contributed by atoms with Crippen LogP contribution in [0.15, 0.2) is 16.6 Å². The zero-order valence-corrected chi connectivity index (χ0v) is 16.0. The highest BCUT2D eigenvalue weighted by molar-refractivity contribution is 9.10. The van der Waals surface area contributed by atoms with Crippen molar-refractivity contribution in [2.45, 2.75) is 47.6 Å². The Morgan fingerprint density at radius 2 is 1.96 bits per heavy atom. The molecule has 2 rings (SSSR count). The van der Waals surface area contributed by atoms with Crippen LogP contribution in [-0.2, 0) is 4.74 Å². The molecule has 0 radical (unpaired) electrons. The van der Waals surface area contributed by atoms with Gasteiger partial charge in [0, 0.05) is 9.86 Å². The number of benzene rings is 1. The van der Waals surface area contributed by atoms with Gasteiger partial charge in [-0.25, -0.2) is 9.18 Å². The lowest BCUT2D eigenvalue weighted by Gasteiger charge is -2.19. The van der Waals surface area contributed by atoms with Crippen molar-refractivity contribution in [2.24, 2.45) is 0 Å². The molecule has 1 aromatic heterocycles. The largest absolute Gasteiger partial charge is 0.444 e. The lowest BCUT2D eigenvalue weighted by molar-refractivity contribution is 0.0636. The molecule has 1 heterocycles. The summed E-state index contributed by atoms with van der Waals surface area (Å²) in [5, 5.41) is 12.5. The number of carbonyl (C=O) groups excluding carboxylic acids is 1. The Morgan fingerprint density at radius 1 is 1.38 bits per heavy atom. The van der Waals surface area contributed by atoms with Crippen LogP contribution in [0.4, 0.5) is 14.2 Å². The minimum Gasteiger partial charge on any atom is -0.444 e. The summed E-state index contributed by atoms with van der Waals surface area (Å²) in [5.74, 6) is -0.438. The molecule has 0 saturated carbocycles. The molecule has 0 saturated heterocycles. The lowest BCUT2D eigenvalue weighted by atomic mass is 10.2. The molecule has 0 fully saturated rings. The minimum atomic E-state index is -0.679. The number of nitriles is 1. The van der Waals surface area contributed by atoms with Gasteiger partial charge in [-0.1, -0.05) is 37.2 Å². The molecule has 0 aliphatic rings. The second-order valence-electron chi connectivity index (χ2n) is 5.28. The Kier molecular flexibility index (Phi) is 8.38. The van der Waals surface area contributed by atoms with Gasteiger partial charge in [0.05, 0.1) is 10.3 Å². The zero-order chi connectivity index (χ0) is 17.8. The number of halogens is 2. The molecule has 0 aliphatic heterocycles. The SMILES string of the molecule is C.CC.CC(C)(C)OC(=O)Nc1sc2c(F)ccc(Br)c2c1C#N. The average molecular weight is 417 g/mol. The van der Waals surface area contributed by atoms with E-state index < -0.39 is 17.5 Å². The molecular formula is C17H22BrFN2O2S. The zero-order valence-electron chi connectivity index (χ0n) is 13.6. The van der Waals surface area contributed by atoms with Crippen molar-refractivity contribution in [3.8, 4) is 6.07 Å². The molecule has 0 aliphatic carbocycles. The highest BCUT2D eigenvalue weighted by Crippen LogP contribution is 2.40. The van der Waals surface area contributed by atoms with Crippen LogP contribution < -0.4 is 5.32 Å². The van der Waals surface area contributed by atoms with Crippen molar-refractivity contribution in [3.05, 3.63) is 28.0 Å². The molecule has 0 bridgehead atoms. The van der Waals surface area contributed by atoms with E-state index in [1.54, 1.807) is 20.8 Å². The van der Waals surface area contributed by atoms with Crippen LogP contribution in [0.1, 0.15) is 47.6 Å². The number of amides is 1. The van der Waals surface area contributed by atoms with Crippen LogP contribution >= 0.6 is 27.3 Å². The van der Waals surface area contributed by atoms with Gasteiger partial charge in [-0.15, -0.1) is 11.3 Å². The number of nitrogens with one attached hydrogen (secondary N) is 1. The average Bonchev–Trinajstić information content (AvgIpc) is 2.82. The monoisotopic (exact) mass is 416 g/mol. The molecule has 0 spiro atoms. The van der Waals surface area contributed by atoms with E-state index in [4.69, 9.17) is 4.74 Å². The van der Waals surface area contributed by atoms with Crippen molar-refractivity contribution < 1.29 is 13.9 Å². The number of rotatable bonds is 1. The summed E-state index contributed by atoms with van der Waals surface area (Å²) in [6, 6.07) is 4.84. The number of nitrogens with zero attached hydrogens (tertiary/aromatic N) is 1. The maximum atomic E-state index is 13.8. The summed E-state index contributed by atoms with van der Waals surface area (Å²) < 4.78 is 19.9. The fourth-order valence-corrected chi connectivity index (χ4v) is 3.45. The molecule has 4 nitrogen and oxygen atoms in total. The quantitative estimate of drug-likeness (QED) is 0.563. The second-order valence-corrected chi connectivity index (χ2v) is 7.15. The summed E-state index contributed by atoms with van der Waals surface area (Å²) in [4.78, 5) is 11.8. The first-order valence-electron chi connectivity index (χ1n) is 7.03. The standard InChI is InChI=1S/C14H12BrFN2O2S.C2H6.CH4/c1-14(2,3)20-13(19)18-12-7(6-17)10-8(15)4-5-9(16)11(10)21-12;1-2;/h4-5H,1-3H3,(H,18,19);1-2H3;1H4. The molecule has 132 valence electrons. The van der Waals surface area contributed by atoms with Crippen LogP contribution in [0.2, 0.25) is 0 Å². The Bertz CT molecular complexity index is 761. The third kappa shape index (κ3) is 5.18. The molecule has 0 atom stereocenters. The molecule has 24 heavy (non-hydrogen) atoms. The van der Waals surface area contributed by atoms with Gasteiger partial charge in [-0.05, 0) is 32.9 Å². The first-order valence-corrected chi connectivity index (χ1v) is 8.64. The second kappa shape index (κ2) is 9.00. The number of hydrogen-bond donors (Lipinski definition) is 1. The molecule has 1 amide bonds. The number of carbonyl (C=O) groups is 1. The van der Waals surface area contributed by atoms with Gasteiger partial charge >= 0.3 is 6.09 Å². The Balaban J connectivity index is 0.00000170. The van der Waals surface area contributed by atoms with Crippen molar-refractivity contribution in [1.82, 2.24) is 0 Å². The summed E-state index contributed by atoms with van der Waals surface area (Å²) in [6.07, 6.45) is -0.679. The predicted molar refractivity (Wildman–Crippen MR) is 102 cm³/mol. The summed E-state index contributed by atoms with van der Waals surface area (Å²) in [6.45, 7) is 9.21. The van der Waals surface area contributed by atoms with Crippen LogP contribution in [0.25, 0.3) is 10.1 Å². The number of ether oxygens (including phenoxy) is 1. The smallest absolute Gasteiger partial charge is 0.412 e. The van der Waals surface area contributed by atoms with E-state index in [-0.39, 0.29) is 18.0 Å². The maximum absolute atomic E-state index is 13.8. The fourth-order valence-electron chi connectivity index (χ4n) is 1.72. The lowest BCUT2D eigenvalue weighted by Crippen LogP contribution is -2.27. The van der Waals surface area contributed by atoms with Gasteiger partial charge in [-0.2, -0.15) is 5.26 Å². The Morgan fingerprint density at radius 3 is 2.46 bits per heavy atom. The van der Waals surface area contributed by atoms with Crippen LogP contribution in [0, 0.1) is 17.1 Å². The van der Waals surface area contributed by atoms with E-state index in [0.717, 1.165) is 11.3 Å². The van der Waals surface area contributed by atoms with Crippen LogP contribution in [0.3, 0.4) is 0 Å². The minimum absolute atomic E-state index is 0. The predicted octanol–water partition coefficient (Wildman–Crippen LogP) is 6.68. The molecular weight excluding hydrogens is 395 g/mol. The molecule has 2 aromatic rings. The molecule has 7 heteroatoms. The van der Waals surface area contributed by atoms with Gasteiger partial charge in [-0.3, -0.25) is 5.32 Å². The molecule has 1 aromatic carbocycles. The van der Waals surface area contributed by atoms with Crippen molar-refractivity contribution >= 4 is 48.4 Å². The van der Waals surface area contributed by atoms with E-state index in [1.165, 1.54) is 12.1 Å².